The Kier molecular flexibility index (Phi) is 6.85. The molecule has 3 N–H and O–H groups in total. The summed E-state index contributed by atoms with van der Waals surface area (Å²) < 4.78 is 31.6. The number of halogens is 1. The van der Waals surface area contributed by atoms with E-state index >= 15 is 0 Å². The Morgan fingerprint density at radius 2 is 2.14 bits per heavy atom. The van der Waals surface area contributed by atoms with Gasteiger partial charge >= 0.3 is 6.09 Å². The number of hydrogen-bond acceptors (Lipinski definition) is 6. The molecule has 1 rings (SSSR count). The molecule has 1 amide bonds. The normalized spacial score (nSPS) is 11.1. The van der Waals surface area contributed by atoms with E-state index in [4.69, 9.17) is 28.6 Å². The Bertz CT molecular complexity index is 658. The average molecular weight is 386 g/mol. The van der Waals surface area contributed by atoms with E-state index in [-0.39, 0.29) is 32.0 Å². The molecule has 124 valence electrons. The van der Waals surface area contributed by atoms with Gasteiger partial charge in [-0.3, -0.25) is 10.0 Å². The number of amides is 1. The fraction of sp³-hybridized carbons (Fsp3) is 0.455. The third-order valence-corrected chi connectivity index (χ3v) is 5.57. The van der Waals surface area contributed by atoms with Gasteiger partial charge in [0.05, 0.1) is 16.6 Å². The summed E-state index contributed by atoms with van der Waals surface area (Å²) in [5, 5.41) is 5.05. The van der Waals surface area contributed by atoms with Gasteiger partial charge in [-0.05, 0) is 39.1 Å². The van der Waals surface area contributed by atoms with Gasteiger partial charge in [-0.1, -0.05) is 11.6 Å². The van der Waals surface area contributed by atoms with Gasteiger partial charge in [0, 0.05) is 6.04 Å². The molecular formula is C11H16ClN3O4S3. The Morgan fingerprint density at radius 1 is 1.50 bits per heavy atom. The van der Waals surface area contributed by atoms with Crippen molar-refractivity contribution in [2.24, 2.45) is 0 Å². The van der Waals surface area contributed by atoms with Crippen LogP contribution in [0.4, 0.5) is 10.5 Å². The number of thiocarbonyl (C=S) groups is 1. The number of nitrogens with one attached hydrogen (secondary N) is 3. The van der Waals surface area contributed by atoms with Crippen molar-refractivity contribution in [1.29, 1.82) is 0 Å². The van der Waals surface area contributed by atoms with Gasteiger partial charge < -0.3 is 10.1 Å². The second-order valence-electron chi connectivity index (χ2n) is 4.33. The Morgan fingerprint density at radius 3 is 2.68 bits per heavy atom. The number of sulfonamides is 1. The maximum Gasteiger partial charge on any atom is 0.411 e. The lowest BCUT2D eigenvalue weighted by Gasteiger charge is -2.13. The number of rotatable bonds is 5. The minimum absolute atomic E-state index is 0.0285. The summed E-state index contributed by atoms with van der Waals surface area (Å²) in [5.41, 5.74) is 0.0355. The van der Waals surface area contributed by atoms with Crippen LogP contribution in [0.2, 0.25) is 4.34 Å². The second-order valence-corrected chi connectivity index (χ2v) is 8.30. The molecule has 0 spiro atoms. The smallest absolute Gasteiger partial charge is 0.411 e. The minimum Gasteiger partial charge on any atom is -0.450 e. The largest absolute Gasteiger partial charge is 0.450 e. The molecule has 0 aliphatic carbocycles. The highest BCUT2D eigenvalue weighted by molar-refractivity contribution is 7.93. The van der Waals surface area contributed by atoms with Crippen molar-refractivity contribution in [1.82, 2.24) is 10.0 Å². The van der Waals surface area contributed by atoms with Gasteiger partial charge in [-0.2, -0.15) is 0 Å². The van der Waals surface area contributed by atoms with Gasteiger partial charge in [0.2, 0.25) is 0 Å². The molecule has 1 aromatic rings. The summed E-state index contributed by atoms with van der Waals surface area (Å²) >= 11 is 11.6. The molecule has 0 aromatic carbocycles. The van der Waals surface area contributed by atoms with E-state index in [2.05, 4.69) is 15.4 Å². The van der Waals surface area contributed by atoms with Crippen LogP contribution in [0.5, 0.6) is 0 Å². The van der Waals surface area contributed by atoms with E-state index in [9.17, 15) is 13.2 Å². The molecule has 0 saturated heterocycles. The molecule has 0 aliphatic rings. The molecule has 11 heteroatoms. The van der Waals surface area contributed by atoms with Crippen molar-refractivity contribution in [3.63, 3.8) is 0 Å². The lowest BCUT2D eigenvalue weighted by molar-refractivity contribution is 0.168. The topological polar surface area (TPSA) is 96.5 Å². The highest BCUT2D eigenvalue weighted by atomic mass is 35.5. The molecule has 0 fully saturated rings. The Balaban J connectivity index is 2.99. The standard InChI is InChI=1S/C11H16ClN3O4S3/c1-4-19-11(16)14-7-5-8(12)21-9(7)22(17,18)15-10(20)13-6(2)3/h5-6H,4H2,1-3H3,(H,14,16)(H2,13,15,20). The zero-order valence-electron chi connectivity index (χ0n) is 12.1. The number of carbonyl (C=O) groups excluding carboxylic acids is 1. The Labute approximate surface area is 143 Å². The van der Waals surface area contributed by atoms with Crippen molar-refractivity contribution in [3.8, 4) is 0 Å². The summed E-state index contributed by atoms with van der Waals surface area (Å²) in [6.07, 6.45) is -0.767. The Hall–Kier alpha value is -1.10. The lowest BCUT2D eigenvalue weighted by Crippen LogP contribution is -2.42. The van der Waals surface area contributed by atoms with Crippen molar-refractivity contribution >= 4 is 62.1 Å². The number of hydrogen-bond donors (Lipinski definition) is 3. The van der Waals surface area contributed by atoms with E-state index in [1.165, 1.54) is 6.07 Å². The van der Waals surface area contributed by atoms with Gasteiger partial charge in [-0.25, -0.2) is 13.2 Å². The van der Waals surface area contributed by atoms with Gasteiger partial charge in [-0.15, -0.1) is 11.3 Å². The van der Waals surface area contributed by atoms with Crippen LogP contribution in [0.3, 0.4) is 0 Å². The van der Waals surface area contributed by atoms with E-state index in [1.54, 1.807) is 6.92 Å². The quantitative estimate of drug-likeness (QED) is 0.674. The molecule has 1 aromatic heterocycles. The first-order valence-corrected chi connectivity index (χ1v) is 9.30. The van der Waals surface area contributed by atoms with E-state index < -0.39 is 16.1 Å². The van der Waals surface area contributed by atoms with Crippen LogP contribution in [-0.2, 0) is 14.8 Å². The summed E-state index contributed by atoms with van der Waals surface area (Å²) in [5.74, 6) is 0. The first kappa shape index (κ1) is 18.9. The predicted octanol–water partition coefficient (Wildman–Crippen LogP) is 2.53. The van der Waals surface area contributed by atoms with Crippen molar-refractivity contribution in [2.75, 3.05) is 11.9 Å². The zero-order valence-corrected chi connectivity index (χ0v) is 15.3. The van der Waals surface area contributed by atoms with Crippen LogP contribution in [0.1, 0.15) is 20.8 Å². The summed E-state index contributed by atoms with van der Waals surface area (Å²) in [6.45, 7) is 5.43. The van der Waals surface area contributed by atoms with Crippen molar-refractivity contribution in [2.45, 2.75) is 31.0 Å². The van der Waals surface area contributed by atoms with Crippen LogP contribution in [0.25, 0.3) is 0 Å². The molecule has 0 saturated carbocycles. The van der Waals surface area contributed by atoms with Crippen LogP contribution < -0.4 is 15.4 Å². The molecule has 0 unspecified atom stereocenters. The minimum atomic E-state index is -3.97. The first-order valence-electron chi connectivity index (χ1n) is 6.22. The third kappa shape index (κ3) is 5.59. The SMILES string of the molecule is CCOC(=O)Nc1cc(Cl)sc1S(=O)(=O)NC(=S)NC(C)C. The van der Waals surface area contributed by atoms with Gasteiger partial charge in [0.15, 0.2) is 9.32 Å². The van der Waals surface area contributed by atoms with Crippen molar-refractivity contribution < 1.29 is 17.9 Å². The molecule has 0 radical (unpaired) electrons. The third-order valence-electron chi connectivity index (χ3n) is 2.07. The van der Waals surface area contributed by atoms with Crippen LogP contribution in [-0.4, -0.2) is 32.3 Å². The summed E-state index contributed by atoms with van der Waals surface area (Å²) in [6, 6.07) is 1.30. The van der Waals surface area contributed by atoms with Crippen LogP contribution in [0.15, 0.2) is 10.3 Å². The highest BCUT2D eigenvalue weighted by Gasteiger charge is 2.25. The predicted molar refractivity (Wildman–Crippen MR) is 91.2 cm³/mol. The lowest BCUT2D eigenvalue weighted by atomic mass is 10.4. The summed E-state index contributed by atoms with van der Waals surface area (Å²) in [7, 11) is -3.97. The van der Waals surface area contributed by atoms with Crippen LogP contribution in [0, 0.1) is 0 Å². The number of anilines is 1. The van der Waals surface area contributed by atoms with Crippen molar-refractivity contribution in [3.05, 3.63) is 10.4 Å². The van der Waals surface area contributed by atoms with E-state index in [0.29, 0.717) is 0 Å². The monoisotopic (exact) mass is 385 g/mol. The fourth-order valence-electron chi connectivity index (χ4n) is 1.37. The first-order chi connectivity index (χ1) is 10.2. The molecule has 7 nitrogen and oxygen atoms in total. The van der Waals surface area contributed by atoms with Gasteiger partial charge in [0.1, 0.15) is 0 Å². The average Bonchev–Trinajstić information content (AvgIpc) is 2.69. The van der Waals surface area contributed by atoms with Crippen LogP contribution >= 0.6 is 35.2 Å². The number of thiophene rings is 1. The molecule has 0 aliphatic heterocycles. The second kappa shape index (κ2) is 7.95. The fourth-order valence-corrected chi connectivity index (χ4v) is 4.61. The van der Waals surface area contributed by atoms with E-state index in [0.717, 1.165) is 11.3 Å². The summed E-state index contributed by atoms with van der Waals surface area (Å²) in [4.78, 5) is 11.4. The highest BCUT2D eigenvalue weighted by Crippen LogP contribution is 2.34. The van der Waals surface area contributed by atoms with E-state index in [1.807, 2.05) is 13.8 Å². The molecule has 0 bridgehead atoms. The number of ether oxygens (including phenoxy) is 1. The molecule has 22 heavy (non-hydrogen) atoms. The van der Waals surface area contributed by atoms with Gasteiger partial charge in [0.25, 0.3) is 10.0 Å². The molecule has 0 atom stereocenters. The zero-order chi connectivity index (χ0) is 16.9. The maximum atomic E-state index is 12.3. The molecule has 1 heterocycles. The maximum absolute atomic E-state index is 12.3. The molecular weight excluding hydrogens is 370 g/mol. The number of carbonyl (C=O) groups is 1.